The molecule has 374 valence electrons. The van der Waals surface area contributed by atoms with E-state index in [1.54, 1.807) is 33.9 Å². The second-order valence-electron chi connectivity index (χ2n) is 20.9. The van der Waals surface area contributed by atoms with E-state index in [4.69, 9.17) is 33.2 Å². The first-order valence-corrected chi connectivity index (χ1v) is 24.3. The van der Waals surface area contributed by atoms with E-state index >= 15 is 0 Å². The molecule has 4 fully saturated rings. The number of pyridine rings is 1. The van der Waals surface area contributed by atoms with Gasteiger partial charge in [-0.25, -0.2) is 0 Å². The molecule has 0 radical (unpaired) electrons. The Morgan fingerprint density at radius 1 is 0.884 bits per heavy atom. The van der Waals surface area contributed by atoms with Gasteiger partial charge in [-0.1, -0.05) is 60.7 Å². The number of carbonyl (C=O) groups is 4. The zero-order chi connectivity index (χ0) is 49.1. The molecule has 4 saturated heterocycles. The fraction of sp³-hybridized carbons (Fsp3) is 0.596. The number of piperazine rings is 1. The quantitative estimate of drug-likeness (QED) is 0.163. The molecule has 5 heterocycles. The summed E-state index contributed by atoms with van der Waals surface area (Å²) >= 11 is 0. The van der Waals surface area contributed by atoms with Gasteiger partial charge in [-0.15, -0.1) is 0 Å². The summed E-state index contributed by atoms with van der Waals surface area (Å²) in [7, 11) is 0. The number of aliphatic hydroxyl groups is 1. The Labute approximate surface area is 404 Å². The molecule has 17 heteroatoms. The molecule has 5 aliphatic rings. The number of nitrogens with zero attached hydrogens (tertiary/aromatic N) is 3. The van der Waals surface area contributed by atoms with Crippen molar-refractivity contribution in [3.8, 4) is 0 Å². The van der Waals surface area contributed by atoms with Gasteiger partial charge in [0.15, 0.2) is 30.1 Å². The number of amides is 2. The van der Waals surface area contributed by atoms with Crippen molar-refractivity contribution >= 4 is 23.8 Å². The minimum atomic E-state index is -0.981. The molecule has 8 rings (SSSR count). The van der Waals surface area contributed by atoms with E-state index in [0.717, 1.165) is 22.3 Å². The molecular formula is C52H69N5O12. The molecule has 1 aliphatic carbocycles. The maximum absolute atomic E-state index is 14.6. The highest BCUT2D eigenvalue weighted by Gasteiger charge is 2.60. The average Bonchev–Trinajstić information content (AvgIpc) is 4.01. The maximum atomic E-state index is 14.6. The van der Waals surface area contributed by atoms with Crippen LogP contribution in [0.3, 0.4) is 0 Å². The molecule has 2 amide bonds. The Hall–Kier alpha value is -4.85. The van der Waals surface area contributed by atoms with Gasteiger partial charge in [0.25, 0.3) is 0 Å². The molecule has 3 aromatic rings. The summed E-state index contributed by atoms with van der Waals surface area (Å²) in [5, 5.41) is 17.5. The van der Waals surface area contributed by atoms with Gasteiger partial charge in [0.05, 0.1) is 31.6 Å². The van der Waals surface area contributed by atoms with E-state index in [1.807, 2.05) is 98.6 Å². The van der Waals surface area contributed by atoms with Crippen LogP contribution >= 0.6 is 0 Å². The zero-order valence-corrected chi connectivity index (χ0v) is 40.8. The largest absolute Gasteiger partial charge is 0.461 e. The first-order valence-electron chi connectivity index (χ1n) is 24.3. The number of ether oxygens (including phenoxy) is 7. The third kappa shape index (κ3) is 13.1. The van der Waals surface area contributed by atoms with Crippen LogP contribution in [0.4, 0.5) is 0 Å². The highest BCUT2D eigenvalue weighted by molar-refractivity contribution is 5.83. The number of aliphatic hydroxyl groups excluding tert-OH is 1. The number of nitrogens with one attached hydrogen (secondary N) is 2. The van der Waals surface area contributed by atoms with E-state index in [0.29, 0.717) is 39.0 Å². The minimum Gasteiger partial charge on any atom is -0.461 e. The predicted molar refractivity (Wildman–Crippen MR) is 251 cm³/mol. The molecule has 4 aliphatic heterocycles. The second kappa shape index (κ2) is 21.2. The van der Waals surface area contributed by atoms with Crippen molar-refractivity contribution in [2.75, 3.05) is 32.8 Å². The Bertz CT molecular complexity index is 2260. The molecule has 17 nitrogen and oxygen atoms in total. The summed E-state index contributed by atoms with van der Waals surface area (Å²) < 4.78 is 42.6. The van der Waals surface area contributed by atoms with Gasteiger partial charge in [-0.2, -0.15) is 0 Å². The first-order chi connectivity index (χ1) is 32.8. The lowest BCUT2D eigenvalue weighted by molar-refractivity contribution is -0.235. The molecule has 2 aromatic carbocycles. The lowest BCUT2D eigenvalue weighted by Gasteiger charge is -2.42. The molecule has 0 spiro atoms. The number of esters is 2. The molecular weight excluding hydrogens is 887 g/mol. The fourth-order valence-corrected chi connectivity index (χ4v) is 10.1. The highest BCUT2D eigenvalue weighted by Crippen LogP contribution is 2.42. The van der Waals surface area contributed by atoms with E-state index in [9.17, 15) is 24.3 Å². The van der Waals surface area contributed by atoms with Crippen LogP contribution in [0, 0.1) is 5.92 Å². The van der Waals surface area contributed by atoms with Crippen LogP contribution in [-0.4, -0.2) is 142 Å². The number of benzene rings is 2. The van der Waals surface area contributed by atoms with Crippen LogP contribution in [-0.2, 0) is 71.7 Å². The van der Waals surface area contributed by atoms with Gasteiger partial charge in [-0.3, -0.25) is 34.0 Å². The lowest BCUT2D eigenvalue weighted by atomic mass is 9.91. The Balaban J connectivity index is 1.01. The van der Waals surface area contributed by atoms with Gasteiger partial charge in [0, 0.05) is 63.0 Å². The summed E-state index contributed by atoms with van der Waals surface area (Å²) in [5.41, 5.74) is 3.22. The van der Waals surface area contributed by atoms with E-state index in [-0.39, 0.29) is 44.2 Å². The van der Waals surface area contributed by atoms with Crippen molar-refractivity contribution in [3.05, 3.63) is 101 Å². The van der Waals surface area contributed by atoms with Crippen LogP contribution < -0.4 is 10.6 Å². The lowest BCUT2D eigenvalue weighted by Crippen LogP contribution is -2.62. The van der Waals surface area contributed by atoms with Crippen molar-refractivity contribution in [1.82, 2.24) is 25.4 Å². The topological polar surface area (TPSA) is 197 Å². The maximum Gasteiger partial charge on any atom is 0.306 e. The van der Waals surface area contributed by atoms with Gasteiger partial charge in [0.2, 0.25) is 11.8 Å². The minimum absolute atomic E-state index is 0.0853. The van der Waals surface area contributed by atoms with Crippen molar-refractivity contribution in [2.24, 2.45) is 5.92 Å². The van der Waals surface area contributed by atoms with Gasteiger partial charge in [0.1, 0.15) is 24.4 Å². The Morgan fingerprint density at radius 3 is 2.35 bits per heavy atom. The zero-order valence-electron chi connectivity index (χ0n) is 40.8. The number of hydrogen-bond donors (Lipinski definition) is 3. The van der Waals surface area contributed by atoms with Gasteiger partial charge in [-0.05, 0) is 89.6 Å². The van der Waals surface area contributed by atoms with Crippen LogP contribution in [0.15, 0.2) is 79.1 Å². The van der Waals surface area contributed by atoms with E-state index in [2.05, 4.69) is 20.5 Å². The third-order valence-corrected chi connectivity index (χ3v) is 13.2. The summed E-state index contributed by atoms with van der Waals surface area (Å²) in [4.78, 5) is 65.1. The molecule has 10 atom stereocenters. The van der Waals surface area contributed by atoms with Crippen molar-refractivity contribution in [1.29, 1.82) is 0 Å². The number of rotatable bonds is 17. The van der Waals surface area contributed by atoms with Crippen LogP contribution in [0.25, 0.3) is 0 Å². The number of aromatic nitrogens is 1. The first kappa shape index (κ1) is 50.5. The molecule has 3 N–H and O–H groups in total. The number of carbonyl (C=O) groups excluding carboxylic acids is 4. The second-order valence-corrected chi connectivity index (χ2v) is 20.9. The SMILES string of the molecule is CC(C)(C)NC(=O)[C@@H]1CN(Cc2cccnc2)CCN1C[C@H](C[C@@H](Cc1ccccc1)C(=O)N[C@H]1c2ccccc2C[C@H]1O)OC(=O)CCC(=O)O[C@H]1[C@@H](C2COC(C)(C)O2)OC2OC(C)(C)O[C@H]21. The number of fused-ring (bicyclic) bond motifs is 2. The average molecular weight is 956 g/mol. The fourth-order valence-electron chi connectivity index (χ4n) is 10.1. The summed E-state index contributed by atoms with van der Waals surface area (Å²) in [6.07, 6.45) is -1.78. The molecule has 1 aromatic heterocycles. The molecule has 69 heavy (non-hydrogen) atoms. The summed E-state index contributed by atoms with van der Waals surface area (Å²) in [6, 6.07) is 19.9. The Morgan fingerprint density at radius 2 is 1.62 bits per heavy atom. The summed E-state index contributed by atoms with van der Waals surface area (Å²) in [5.74, 6) is -4.39. The van der Waals surface area contributed by atoms with E-state index in [1.165, 1.54) is 0 Å². The van der Waals surface area contributed by atoms with Gasteiger partial charge < -0.3 is 48.9 Å². The molecule has 0 saturated carbocycles. The van der Waals surface area contributed by atoms with Crippen molar-refractivity contribution < 1.29 is 57.4 Å². The van der Waals surface area contributed by atoms with Crippen molar-refractivity contribution in [3.63, 3.8) is 0 Å². The van der Waals surface area contributed by atoms with Crippen LogP contribution in [0.1, 0.15) is 96.0 Å². The normalized spacial score (nSPS) is 28.3. The van der Waals surface area contributed by atoms with E-state index < -0.39 is 90.0 Å². The molecule has 0 bridgehead atoms. The van der Waals surface area contributed by atoms with Crippen LogP contribution in [0.5, 0.6) is 0 Å². The van der Waals surface area contributed by atoms with Gasteiger partial charge >= 0.3 is 11.9 Å². The molecule has 2 unspecified atom stereocenters. The Kier molecular flexibility index (Phi) is 15.6. The standard InChI is InChI=1S/C52H69N5O12/c1-50(2,3)55-48(62)38-30-56(28-33-16-13-21-53-27-33)22-23-57(38)29-36(25-35(24-32-14-9-8-10-15-32)47(61)54-43-37-18-12-11-17-34(37)26-39(43)58)64-41(59)19-20-42(60)65-45-44(40-31-63-51(4,5)67-40)66-49-46(45)68-52(6,7)69-49/h8-18,21,27,35-36,38-40,43-46,49,58H,19-20,22-26,28-31H2,1-7H3,(H,54,61)(H,55,62)/t35-,36+,38+,39-,40?,43+,44-,45+,46+,49?/m1/s1. The highest BCUT2D eigenvalue weighted by atomic mass is 16.9. The third-order valence-electron chi connectivity index (χ3n) is 13.2. The smallest absolute Gasteiger partial charge is 0.306 e. The van der Waals surface area contributed by atoms with Crippen molar-refractivity contribution in [2.45, 2.75) is 159 Å². The number of hydrogen-bond acceptors (Lipinski definition) is 15. The monoisotopic (exact) mass is 955 g/mol. The van der Waals surface area contributed by atoms with Crippen LogP contribution in [0.2, 0.25) is 0 Å². The predicted octanol–water partition coefficient (Wildman–Crippen LogP) is 4.14. The summed E-state index contributed by atoms with van der Waals surface area (Å²) in [6.45, 7) is 15.3.